The normalized spacial score (nSPS) is 14.0. The summed E-state index contributed by atoms with van der Waals surface area (Å²) in [4.78, 5) is 41.5. The Labute approximate surface area is 231 Å². The number of Topliss-reactive ketones (excluding diaryl/α,β-unsaturated/α-hetero) is 1. The lowest BCUT2D eigenvalue weighted by molar-refractivity contribution is -0.158. The maximum Gasteiger partial charge on any atom is 0.309 e. The zero-order valence-corrected chi connectivity index (χ0v) is 23.8. The van der Waals surface area contributed by atoms with Gasteiger partial charge in [-0.2, -0.15) is 0 Å². The molecule has 0 saturated heterocycles. The Bertz CT molecular complexity index is 1060. The Morgan fingerprint density at radius 1 is 1.03 bits per heavy atom. The van der Waals surface area contributed by atoms with Crippen molar-refractivity contribution in [1.29, 1.82) is 0 Å². The zero-order valence-electron chi connectivity index (χ0n) is 23.8. The number of aromatic nitrogens is 1. The van der Waals surface area contributed by atoms with Crippen LogP contribution in [0.5, 0.6) is 11.5 Å². The predicted octanol–water partition coefficient (Wildman–Crippen LogP) is 5.19. The average Bonchev–Trinajstić information content (AvgIpc) is 2.92. The summed E-state index contributed by atoms with van der Waals surface area (Å²) in [6.45, 7) is 9.11. The van der Waals surface area contributed by atoms with Crippen LogP contribution < -0.4 is 9.47 Å². The fraction of sp³-hybridized carbons (Fsp3) is 0.533. The van der Waals surface area contributed by atoms with Crippen molar-refractivity contribution in [3.8, 4) is 11.5 Å². The van der Waals surface area contributed by atoms with Crippen LogP contribution in [0.25, 0.3) is 0 Å². The fourth-order valence-corrected chi connectivity index (χ4v) is 4.24. The Hall–Kier alpha value is -3.46. The number of carbonyl (C=O) groups excluding carboxylic acids is 3. The number of methoxy groups -OCH3 is 1. The van der Waals surface area contributed by atoms with Crippen LogP contribution in [0.1, 0.15) is 69.9 Å². The number of ether oxygens (including phenoxy) is 5. The summed E-state index contributed by atoms with van der Waals surface area (Å²) in [6.07, 6.45) is 3.12. The van der Waals surface area contributed by atoms with E-state index in [0.29, 0.717) is 13.0 Å². The van der Waals surface area contributed by atoms with Crippen LogP contribution in [-0.2, 0) is 30.2 Å². The summed E-state index contributed by atoms with van der Waals surface area (Å²) < 4.78 is 27.6. The lowest BCUT2D eigenvalue weighted by Crippen LogP contribution is -2.37. The monoisotopic (exact) mass is 543 g/mol. The second-order valence-corrected chi connectivity index (χ2v) is 9.43. The van der Waals surface area contributed by atoms with E-state index >= 15 is 0 Å². The molecule has 0 saturated carbocycles. The molecule has 1 aromatic carbocycles. The molecule has 0 aliphatic carbocycles. The van der Waals surface area contributed by atoms with Gasteiger partial charge in [-0.05, 0) is 31.7 Å². The third kappa shape index (κ3) is 9.98. The number of benzene rings is 1. The first-order valence-electron chi connectivity index (χ1n) is 13.4. The van der Waals surface area contributed by atoms with Gasteiger partial charge < -0.3 is 23.7 Å². The summed E-state index contributed by atoms with van der Waals surface area (Å²) in [5.41, 5.74) is 1.12. The van der Waals surface area contributed by atoms with Crippen molar-refractivity contribution in [3.05, 3.63) is 53.9 Å². The maximum atomic E-state index is 13.1. The number of hydrogen-bond acceptors (Lipinski definition) is 9. The van der Waals surface area contributed by atoms with Gasteiger partial charge in [0.05, 0.1) is 19.1 Å². The summed E-state index contributed by atoms with van der Waals surface area (Å²) in [6, 6.07) is 11.6. The van der Waals surface area contributed by atoms with Gasteiger partial charge in [0.15, 0.2) is 23.0 Å². The molecule has 0 aliphatic rings. The molecule has 1 heterocycles. The fourth-order valence-electron chi connectivity index (χ4n) is 4.24. The Kier molecular flexibility index (Phi) is 13.4. The van der Waals surface area contributed by atoms with E-state index in [-0.39, 0.29) is 35.6 Å². The minimum atomic E-state index is -0.733. The van der Waals surface area contributed by atoms with Gasteiger partial charge in [0.25, 0.3) is 0 Å². The average molecular weight is 544 g/mol. The molecule has 0 aliphatic heterocycles. The molecule has 2 aromatic rings. The van der Waals surface area contributed by atoms with Crippen molar-refractivity contribution in [3.63, 3.8) is 0 Å². The van der Waals surface area contributed by atoms with Crippen molar-refractivity contribution < 1.29 is 38.1 Å². The third-order valence-electron chi connectivity index (χ3n) is 6.35. The van der Waals surface area contributed by atoms with Crippen LogP contribution in [0.2, 0.25) is 0 Å². The predicted molar refractivity (Wildman–Crippen MR) is 146 cm³/mol. The van der Waals surface area contributed by atoms with Gasteiger partial charge in [-0.15, -0.1) is 0 Å². The van der Waals surface area contributed by atoms with E-state index in [1.807, 2.05) is 25.1 Å². The van der Waals surface area contributed by atoms with Crippen molar-refractivity contribution in [2.45, 2.75) is 72.5 Å². The Morgan fingerprint density at radius 2 is 1.74 bits per heavy atom. The van der Waals surface area contributed by atoms with E-state index in [0.717, 1.165) is 18.4 Å². The van der Waals surface area contributed by atoms with Crippen molar-refractivity contribution in [1.82, 2.24) is 4.98 Å². The molecule has 9 nitrogen and oxygen atoms in total. The number of pyridine rings is 1. The van der Waals surface area contributed by atoms with Crippen molar-refractivity contribution in [2.75, 3.05) is 20.5 Å². The molecular formula is C30H41NO8. The molecule has 0 radical (unpaired) electrons. The smallest absolute Gasteiger partial charge is 0.309 e. The number of ketones is 1. The topological polar surface area (TPSA) is 110 Å². The molecular weight excluding hydrogens is 502 g/mol. The first kappa shape index (κ1) is 31.8. The number of esters is 2. The summed E-state index contributed by atoms with van der Waals surface area (Å²) >= 11 is 0. The van der Waals surface area contributed by atoms with E-state index in [9.17, 15) is 14.4 Å². The van der Waals surface area contributed by atoms with Crippen molar-refractivity contribution in [2.24, 2.45) is 11.8 Å². The number of carbonyl (C=O) groups is 3. The molecule has 0 bridgehead atoms. The third-order valence-corrected chi connectivity index (χ3v) is 6.35. The minimum absolute atomic E-state index is 0.0184. The Morgan fingerprint density at radius 3 is 2.36 bits per heavy atom. The second-order valence-electron chi connectivity index (χ2n) is 9.43. The largest absolute Gasteiger partial charge is 0.493 e. The van der Waals surface area contributed by atoms with Crippen LogP contribution in [-0.4, -0.2) is 55.4 Å². The Balaban J connectivity index is 2.13. The summed E-state index contributed by atoms with van der Waals surface area (Å²) in [7, 11) is 1.42. The zero-order chi connectivity index (χ0) is 28.8. The lowest BCUT2D eigenvalue weighted by atomic mass is 9.88. The van der Waals surface area contributed by atoms with Gasteiger partial charge in [0, 0.05) is 38.1 Å². The molecule has 9 heteroatoms. The highest BCUT2D eigenvalue weighted by atomic mass is 16.7. The standard InChI is InChI=1S/C30H41NO8/c1-7-16-36-26(8-2)24(18-23-12-10-9-11-13-23)21(4)39-30(34)20(3)17-25(33)28-29(38-19-37-22(5)32)27(35-6)14-15-31-28/h9-15,20-21,24,26H,7-8,16-19H2,1-6H3/t20-,21+,24+,26+/m1/s1. The van der Waals surface area contributed by atoms with E-state index in [4.69, 9.17) is 23.7 Å². The van der Waals surface area contributed by atoms with Gasteiger partial charge in [-0.1, -0.05) is 51.1 Å². The van der Waals surface area contributed by atoms with Gasteiger partial charge in [-0.3, -0.25) is 14.4 Å². The second kappa shape index (κ2) is 16.5. The molecule has 214 valence electrons. The molecule has 0 N–H and O–H groups in total. The SMILES string of the molecule is CCCO[C@@H](CC)[C@@H](Cc1ccccc1)[C@H](C)OC(=O)[C@H](C)CC(=O)c1nccc(OC)c1OCOC(C)=O. The van der Waals surface area contributed by atoms with Crippen LogP contribution in [0, 0.1) is 11.8 Å². The molecule has 39 heavy (non-hydrogen) atoms. The van der Waals surface area contributed by atoms with Crippen LogP contribution in [0.3, 0.4) is 0 Å². The molecule has 2 rings (SSSR count). The van der Waals surface area contributed by atoms with Gasteiger partial charge in [0.1, 0.15) is 6.10 Å². The van der Waals surface area contributed by atoms with Crippen LogP contribution in [0.4, 0.5) is 0 Å². The first-order chi connectivity index (χ1) is 18.7. The highest BCUT2D eigenvalue weighted by Crippen LogP contribution is 2.31. The minimum Gasteiger partial charge on any atom is -0.493 e. The molecule has 1 aromatic heterocycles. The number of rotatable bonds is 17. The quantitative estimate of drug-likeness (QED) is 0.151. The molecule has 0 amide bonds. The van der Waals surface area contributed by atoms with E-state index < -0.39 is 36.5 Å². The lowest BCUT2D eigenvalue weighted by Gasteiger charge is -2.32. The van der Waals surface area contributed by atoms with Gasteiger partial charge in [-0.25, -0.2) is 4.98 Å². The van der Waals surface area contributed by atoms with Crippen molar-refractivity contribution >= 4 is 17.7 Å². The summed E-state index contributed by atoms with van der Waals surface area (Å²) in [5, 5.41) is 0. The molecule has 0 fully saturated rings. The van der Waals surface area contributed by atoms with E-state index in [1.165, 1.54) is 26.3 Å². The number of hydrogen-bond donors (Lipinski definition) is 0. The van der Waals surface area contributed by atoms with Gasteiger partial charge >= 0.3 is 11.9 Å². The molecule has 4 atom stereocenters. The summed E-state index contributed by atoms with van der Waals surface area (Å²) in [5.74, 6) is -1.94. The van der Waals surface area contributed by atoms with Gasteiger partial charge in [0.2, 0.25) is 6.79 Å². The van der Waals surface area contributed by atoms with E-state index in [1.54, 1.807) is 6.92 Å². The van der Waals surface area contributed by atoms with Crippen LogP contribution in [0.15, 0.2) is 42.6 Å². The maximum absolute atomic E-state index is 13.1. The highest BCUT2D eigenvalue weighted by Gasteiger charge is 2.32. The highest BCUT2D eigenvalue weighted by molar-refractivity contribution is 5.99. The number of nitrogens with zero attached hydrogens (tertiary/aromatic N) is 1. The first-order valence-corrected chi connectivity index (χ1v) is 13.4. The van der Waals surface area contributed by atoms with E-state index in [2.05, 4.69) is 31.0 Å². The van der Waals surface area contributed by atoms with Crippen LogP contribution >= 0.6 is 0 Å². The molecule has 0 spiro atoms. The molecule has 0 unspecified atom stereocenters.